The number of ether oxygens (including phenoxy) is 1. The summed E-state index contributed by atoms with van der Waals surface area (Å²) >= 11 is 1.21. The summed E-state index contributed by atoms with van der Waals surface area (Å²) in [5.74, 6) is -1.68. The summed E-state index contributed by atoms with van der Waals surface area (Å²) in [7, 11) is 0. The quantitative estimate of drug-likeness (QED) is 0.659. The lowest BCUT2D eigenvalue weighted by atomic mass is 10.2. The molecule has 0 aliphatic rings. The molecule has 0 aliphatic carbocycles. The lowest BCUT2D eigenvalue weighted by Crippen LogP contribution is -2.30. The van der Waals surface area contributed by atoms with Gasteiger partial charge in [-0.15, -0.1) is 11.3 Å². The van der Waals surface area contributed by atoms with E-state index in [2.05, 4.69) is 10.3 Å². The molecular formula is C20H14FN3O3S. The molecule has 1 N–H and O–H groups in total. The number of nitrogens with zero attached hydrogens (tertiary/aromatic N) is 2. The Balaban J connectivity index is 1.65. The number of nitriles is 1. The van der Waals surface area contributed by atoms with Gasteiger partial charge in [-0.1, -0.05) is 12.1 Å². The van der Waals surface area contributed by atoms with Crippen molar-refractivity contribution in [2.75, 3.05) is 5.32 Å². The molecule has 3 aromatic rings. The number of hydrogen-bond donors (Lipinski definition) is 1. The van der Waals surface area contributed by atoms with Gasteiger partial charge in [-0.2, -0.15) is 5.26 Å². The average Bonchev–Trinajstić information content (AvgIpc) is 3.19. The van der Waals surface area contributed by atoms with Crippen molar-refractivity contribution < 1.29 is 18.7 Å². The fraction of sp³-hybridized carbons (Fsp3) is 0.100. The van der Waals surface area contributed by atoms with Crippen molar-refractivity contribution in [3.05, 3.63) is 71.0 Å². The maximum absolute atomic E-state index is 13.0. The lowest BCUT2D eigenvalue weighted by molar-refractivity contribution is -0.123. The van der Waals surface area contributed by atoms with Crippen LogP contribution in [0.5, 0.6) is 0 Å². The van der Waals surface area contributed by atoms with Gasteiger partial charge in [-0.25, -0.2) is 14.2 Å². The normalized spacial score (nSPS) is 11.3. The van der Waals surface area contributed by atoms with Crippen LogP contribution in [-0.4, -0.2) is 23.0 Å². The SMILES string of the molecule is C[C@@H](OC(=O)c1csc(-c2ccc(F)cc2)n1)C(=O)Nc1ccccc1C#N. The third kappa shape index (κ3) is 4.39. The van der Waals surface area contributed by atoms with Crippen molar-refractivity contribution >= 4 is 28.9 Å². The van der Waals surface area contributed by atoms with Gasteiger partial charge in [0.2, 0.25) is 0 Å². The van der Waals surface area contributed by atoms with Crippen LogP contribution in [0.4, 0.5) is 10.1 Å². The van der Waals surface area contributed by atoms with Gasteiger partial charge in [0.15, 0.2) is 11.8 Å². The van der Waals surface area contributed by atoms with E-state index in [9.17, 15) is 14.0 Å². The number of anilines is 1. The minimum atomic E-state index is -1.09. The Kier molecular flexibility index (Phi) is 5.77. The number of nitrogens with one attached hydrogen (secondary N) is 1. The molecule has 0 bridgehead atoms. The summed E-state index contributed by atoms with van der Waals surface area (Å²) in [5, 5.41) is 13.7. The Hall–Kier alpha value is -3.57. The van der Waals surface area contributed by atoms with E-state index in [0.717, 1.165) is 0 Å². The van der Waals surface area contributed by atoms with Crippen LogP contribution in [0.3, 0.4) is 0 Å². The van der Waals surface area contributed by atoms with Gasteiger partial charge < -0.3 is 10.1 Å². The maximum atomic E-state index is 13.0. The lowest BCUT2D eigenvalue weighted by Gasteiger charge is -2.13. The molecule has 0 unspecified atom stereocenters. The van der Waals surface area contributed by atoms with E-state index < -0.39 is 18.0 Å². The summed E-state index contributed by atoms with van der Waals surface area (Å²) in [6.45, 7) is 1.43. The van der Waals surface area contributed by atoms with Crippen molar-refractivity contribution in [1.82, 2.24) is 4.98 Å². The third-order valence-electron chi connectivity index (χ3n) is 3.76. The number of carbonyl (C=O) groups is 2. The fourth-order valence-electron chi connectivity index (χ4n) is 2.29. The highest BCUT2D eigenvalue weighted by atomic mass is 32.1. The Bertz CT molecular complexity index is 1060. The van der Waals surface area contributed by atoms with Crippen LogP contribution in [-0.2, 0) is 9.53 Å². The van der Waals surface area contributed by atoms with Crippen molar-refractivity contribution in [3.8, 4) is 16.6 Å². The monoisotopic (exact) mass is 395 g/mol. The van der Waals surface area contributed by atoms with Gasteiger partial charge >= 0.3 is 5.97 Å². The van der Waals surface area contributed by atoms with E-state index >= 15 is 0 Å². The van der Waals surface area contributed by atoms with Crippen LogP contribution >= 0.6 is 11.3 Å². The van der Waals surface area contributed by atoms with Crippen LogP contribution in [0, 0.1) is 17.1 Å². The maximum Gasteiger partial charge on any atom is 0.358 e. The Morgan fingerprint density at radius 3 is 2.64 bits per heavy atom. The van der Waals surface area contributed by atoms with Crippen molar-refractivity contribution in [2.24, 2.45) is 0 Å². The minimum absolute atomic E-state index is 0.0569. The van der Waals surface area contributed by atoms with Crippen LogP contribution < -0.4 is 5.32 Å². The number of para-hydroxylation sites is 1. The molecule has 6 nitrogen and oxygen atoms in total. The first-order chi connectivity index (χ1) is 13.5. The van der Waals surface area contributed by atoms with Crippen molar-refractivity contribution in [3.63, 3.8) is 0 Å². The van der Waals surface area contributed by atoms with Crippen LogP contribution in [0.1, 0.15) is 23.0 Å². The number of thiazole rings is 1. The minimum Gasteiger partial charge on any atom is -0.448 e. The van der Waals surface area contributed by atoms with Crippen LogP contribution in [0.15, 0.2) is 53.9 Å². The van der Waals surface area contributed by atoms with Gasteiger partial charge in [0, 0.05) is 10.9 Å². The Morgan fingerprint density at radius 1 is 1.21 bits per heavy atom. The number of benzene rings is 2. The summed E-state index contributed by atoms with van der Waals surface area (Å²) in [4.78, 5) is 28.7. The number of hydrogen-bond acceptors (Lipinski definition) is 6. The third-order valence-corrected chi connectivity index (χ3v) is 4.65. The van der Waals surface area contributed by atoms with Gasteiger partial charge in [0.05, 0.1) is 11.3 Å². The first-order valence-corrected chi connectivity index (χ1v) is 9.08. The smallest absolute Gasteiger partial charge is 0.358 e. The molecule has 1 atom stereocenters. The number of aromatic nitrogens is 1. The fourth-order valence-corrected chi connectivity index (χ4v) is 3.09. The second kappa shape index (κ2) is 8.41. The molecule has 1 aromatic heterocycles. The Labute approximate surface area is 164 Å². The highest BCUT2D eigenvalue weighted by Gasteiger charge is 2.22. The molecule has 1 amide bonds. The molecule has 2 aromatic carbocycles. The molecule has 8 heteroatoms. The molecule has 1 heterocycles. The average molecular weight is 395 g/mol. The van der Waals surface area contributed by atoms with E-state index in [1.807, 2.05) is 6.07 Å². The first-order valence-electron chi connectivity index (χ1n) is 8.20. The van der Waals surface area contributed by atoms with Gasteiger partial charge in [-0.05, 0) is 43.3 Å². The van der Waals surface area contributed by atoms with E-state index in [1.54, 1.807) is 36.4 Å². The number of halogens is 1. The zero-order valence-corrected chi connectivity index (χ0v) is 15.5. The zero-order chi connectivity index (χ0) is 20.1. The second-order valence-corrected chi connectivity index (χ2v) is 6.60. The summed E-state index contributed by atoms with van der Waals surface area (Å²) < 4.78 is 18.2. The predicted molar refractivity (Wildman–Crippen MR) is 102 cm³/mol. The van der Waals surface area contributed by atoms with Gasteiger partial charge in [0.1, 0.15) is 16.9 Å². The standard InChI is InChI=1S/C20H14FN3O3S/c1-12(18(25)23-16-5-3-2-4-14(16)10-22)27-20(26)17-11-28-19(24-17)13-6-8-15(21)9-7-13/h2-9,11-12H,1H3,(H,23,25)/t12-/m1/s1. The summed E-state index contributed by atoms with van der Waals surface area (Å²) in [6.07, 6.45) is -1.09. The second-order valence-electron chi connectivity index (χ2n) is 5.74. The molecule has 3 rings (SSSR count). The van der Waals surface area contributed by atoms with E-state index in [0.29, 0.717) is 21.8 Å². The van der Waals surface area contributed by atoms with E-state index in [1.165, 1.54) is 35.8 Å². The van der Waals surface area contributed by atoms with E-state index in [-0.39, 0.29) is 11.5 Å². The summed E-state index contributed by atoms with van der Waals surface area (Å²) in [6, 6.07) is 14.2. The summed E-state index contributed by atoms with van der Waals surface area (Å²) in [5.41, 5.74) is 1.37. The van der Waals surface area contributed by atoms with Gasteiger partial charge in [0.25, 0.3) is 5.91 Å². The van der Waals surface area contributed by atoms with E-state index in [4.69, 9.17) is 10.00 Å². The topological polar surface area (TPSA) is 92.1 Å². The zero-order valence-electron chi connectivity index (χ0n) is 14.7. The number of amides is 1. The number of rotatable bonds is 5. The first kappa shape index (κ1) is 19.2. The predicted octanol–water partition coefficient (Wildman–Crippen LogP) is 4.00. The molecule has 140 valence electrons. The number of carbonyl (C=O) groups excluding carboxylic acids is 2. The molecule has 28 heavy (non-hydrogen) atoms. The molecular weight excluding hydrogens is 381 g/mol. The molecule has 0 saturated heterocycles. The molecule has 0 spiro atoms. The van der Waals surface area contributed by atoms with Crippen LogP contribution in [0.25, 0.3) is 10.6 Å². The molecule has 0 radical (unpaired) electrons. The largest absolute Gasteiger partial charge is 0.448 e. The molecule has 0 aliphatic heterocycles. The highest BCUT2D eigenvalue weighted by molar-refractivity contribution is 7.13. The number of esters is 1. The molecule has 0 fully saturated rings. The Morgan fingerprint density at radius 2 is 1.93 bits per heavy atom. The molecule has 0 saturated carbocycles. The van der Waals surface area contributed by atoms with Crippen molar-refractivity contribution in [1.29, 1.82) is 5.26 Å². The van der Waals surface area contributed by atoms with Crippen LogP contribution in [0.2, 0.25) is 0 Å². The van der Waals surface area contributed by atoms with Gasteiger partial charge in [-0.3, -0.25) is 4.79 Å². The van der Waals surface area contributed by atoms with Crippen molar-refractivity contribution in [2.45, 2.75) is 13.0 Å². The highest BCUT2D eigenvalue weighted by Crippen LogP contribution is 2.24.